The third-order valence-corrected chi connectivity index (χ3v) is 3.19. The maximum atomic E-state index is 14.0. The first-order chi connectivity index (χ1) is 10.5. The van der Waals surface area contributed by atoms with Gasteiger partial charge in [-0.15, -0.1) is 0 Å². The summed E-state index contributed by atoms with van der Waals surface area (Å²) in [5, 5.41) is 0. The third kappa shape index (κ3) is 3.57. The number of rotatable bonds is 1. The molecule has 0 atom stereocenters. The molecule has 0 amide bonds. The van der Waals surface area contributed by atoms with Gasteiger partial charge in [-0.1, -0.05) is 0 Å². The molecule has 0 unspecified atom stereocenters. The zero-order chi connectivity index (χ0) is 17.5. The molecule has 0 aliphatic carbocycles. The fourth-order valence-electron chi connectivity index (χ4n) is 1.86. The summed E-state index contributed by atoms with van der Waals surface area (Å²) in [7, 11) is 0. The average molecular weight is 394 g/mol. The van der Waals surface area contributed by atoms with Crippen LogP contribution < -0.4 is 0 Å². The molecule has 0 saturated heterocycles. The number of carbonyl (C=O) groups excluding carboxylic acids is 1. The van der Waals surface area contributed by atoms with E-state index in [1.165, 1.54) is 12.3 Å². The Kier molecular flexibility index (Phi) is 4.57. The minimum Gasteiger partial charge on any atom is -0.443 e. The van der Waals surface area contributed by atoms with E-state index in [1.54, 1.807) is 20.8 Å². The molecular weight excluding hydrogens is 382 g/mol. The lowest BCUT2D eigenvalue weighted by Crippen LogP contribution is -2.27. The molecule has 0 radical (unpaired) electrons. The van der Waals surface area contributed by atoms with E-state index in [0.29, 0.717) is 10.5 Å². The molecule has 8 heteroatoms. The van der Waals surface area contributed by atoms with Gasteiger partial charge in [0.15, 0.2) is 23.3 Å². The van der Waals surface area contributed by atoms with Crippen LogP contribution in [0.2, 0.25) is 0 Å². The van der Waals surface area contributed by atoms with Crippen molar-refractivity contribution < 1.29 is 27.1 Å². The summed E-state index contributed by atoms with van der Waals surface area (Å²) in [5.41, 5.74) is -1.61. The summed E-state index contributed by atoms with van der Waals surface area (Å²) < 4.78 is 60.2. The van der Waals surface area contributed by atoms with Gasteiger partial charge in [-0.3, -0.25) is 4.57 Å². The zero-order valence-electron chi connectivity index (χ0n) is 12.4. The molecular formula is C15H12BrF4NO2. The van der Waals surface area contributed by atoms with Crippen molar-refractivity contribution in [3.05, 3.63) is 46.1 Å². The normalized spacial score (nSPS) is 11.7. The number of halogens is 5. The number of hydrogen-bond donors (Lipinski definition) is 0. The first-order valence-corrected chi connectivity index (χ1v) is 7.25. The third-order valence-electron chi connectivity index (χ3n) is 2.76. The molecule has 23 heavy (non-hydrogen) atoms. The number of hydrogen-bond acceptors (Lipinski definition) is 2. The van der Waals surface area contributed by atoms with E-state index in [-0.39, 0.29) is 5.69 Å². The summed E-state index contributed by atoms with van der Waals surface area (Å²) in [4.78, 5) is 12.2. The van der Waals surface area contributed by atoms with Crippen LogP contribution in [0, 0.1) is 23.3 Å². The Balaban J connectivity index is 2.61. The van der Waals surface area contributed by atoms with Gasteiger partial charge in [-0.2, -0.15) is 0 Å². The van der Waals surface area contributed by atoms with E-state index in [1.807, 2.05) is 0 Å². The molecule has 0 spiro atoms. The predicted octanol–water partition coefficient (Wildman–Crippen LogP) is 5.26. The second-order valence-corrected chi connectivity index (χ2v) is 6.66. The van der Waals surface area contributed by atoms with E-state index in [2.05, 4.69) is 15.9 Å². The van der Waals surface area contributed by atoms with Gasteiger partial charge in [0, 0.05) is 16.2 Å². The Hall–Kier alpha value is -1.83. The molecule has 1 aromatic carbocycles. The minimum absolute atomic E-state index is 0.179. The highest BCUT2D eigenvalue weighted by Gasteiger charge is 2.25. The van der Waals surface area contributed by atoms with E-state index in [9.17, 15) is 22.4 Å². The number of ether oxygens (including phenoxy) is 1. The number of benzene rings is 1. The lowest BCUT2D eigenvalue weighted by atomic mass is 10.1. The zero-order valence-corrected chi connectivity index (χ0v) is 14.0. The molecule has 0 fully saturated rings. The van der Waals surface area contributed by atoms with Crippen LogP contribution in [0.1, 0.15) is 20.8 Å². The lowest BCUT2D eigenvalue weighted by Gasteiger charge is -2.20. The van der Waals surface area contributed by atoms with E-state index in [0.717, 1.165) is 4.57 Å². The van der Waals surface area contributed by atoms with Crippen LogP contribution >= 0.6 is 15.9 Å². The highest BCUT2D eigenvalue weighted by atomic mass is 79.9. The van der Waals surface area contributed by atoms with Gasteiger partial charge >= 0.3 is 6.09 Å². The van der Waals surface area contributed by atoms with E-state index in [4.69, 9.17) is 4.74 Å². The minimum atomic E-state index is -1.95. The van der Waals surface area contributed by atoms with Gasteiger partial charge in [0.05, 0.1) is 5.69 Å². The van der Waals surface area contributed by atoms with Crippen molar-refractivity contribution in [1.29, 1.82) is 0 Å². The Morgan fingerprint density at radius 1 is 1.09 bits per heavy atom. The Bertz CT molecular complexity index is 781. The van der Waals surface area contributed by atoms with Crippen molar-refractivity contribution in [2.75, 3.05) is 0 Å². The van der Waals surface area contributed by atoms with Crippen LogP contribution in [-0.2, 0) is 4.74 Å². The molecule has 2 aromatic rings. The Labute approximate surface area is 138 Å². The van der Waals surface area contributed by atoms with Gasteiger partial charge in [-0.05, 0) is 48.8 Å². The maximum absolute atomic E-state index is 14.0. The Morgan fingerprint density at radius 3 is 2.26 bits per heavy atom. The number of aromatic nitrogens is 1. The molecule has 1 aromatic heterocycles. The van der Waals surface area contributed by atoms with Crippen molar-refractivity contribution in [1.82, 2.24) is 4.57 Å². The van der Waals surface area contributed by atoms with Crippen molar-refractivity contribution in [2.24, 2.45) is 0 Å². The number of nitrogens with zero attached hydrogens (tertiary/aromatic N) is 1. The van der Waals surface area contributed by atoms with Crippen molar-refractivity contribution in [3.63, 3.8) is 0 Å². The lowest BCUT2D eigenvalue weighted by molar-refractivity contribution is 0.0540. The Morgan fingerprint density at radius 2 is 1.70 bits per heavy atom. The standard InChI is InChI=1S/C15H12BrF4NO2/c1-15(2,3)23-14(22)21-6-7(16)4-10(21)8-5-9(17)12(19)13(20)11(8)18/h4-6H,1-3H3. The van der Waals surface area contributed by atoms with Gasteiger partial charge in [0.2, 0.25) is 0 Å². The van der Waals surface area contributed by atoms with Crippen LogP contribution in [0.25, 0.3) is 11.3 Å². The quantitative estimate of drug-likeness (QED) is 0.376. The highest BCUT2D eigenvalue weighted by Crippen LogP contribution is 2.31. The molecule has 0 saturated carbocycles. The van der Waals surface area contributed by atoms with E-state index >= 15 is 0 Å². The monoisotopic (exact) mass is 393 g/mol. The second kappa shape index (κ2) is 5.99. The molecule has 0 bridgehead atoms. The van der Waals surface area contributed by atoms with Gasteiger partial charge in [-0.25, -0.2) is 22.4 Å². The number of carbonyl (C=O) groups is 1. The van der Waals surface area contributed by atoms with Crippen molar-refractivity contribution in [2.45, 2.75) is 26.4 Å². The molecule has 124 valence electrons. The first-order valence-electron chi connectivity index (χ1n) is 6.46. The molecule has 0 N–H and O–H groups in total. The summed E-state index contributed by atoms with van der Waals surface area (Å²) >= 11 is 3.09. The molecule has 3 nitrogen and oxygen atoms in total. The fourth-order valence-corrected chi connectivity index (χ4v) is 2.28. The summed E-state index contributed by atoms with van der Waals surface area (Å²) in [6, 6.07) is 1.75. The topological polar surface area (TPSA) is 31.2 Å². The molecule has 1 heterocycles. The molecule has 0 aliphatic heterocycles. The highest BCUT2D eigenvalue weighted by molar-refractivity contribution is 9.10. The largest absolute Gasteiger partial charge is 0.443 e. The smallest absolute Gasteiger partial charge is 0.419 e. The second-order valence-electron chi connectivity index (χ2n) is 5.74. The van der Waals surface area contributed by atoms with Gasteiger partial charge in [0.1, 0.15) is 5.60 Å². The maximum Gasteiger partial charge on any atom is 0.419 e. The van der Waals surface area contributed by atoms with Crippen LogP contribution in [0.4, 0.5) is 22.4 Å². The van der Waals surface area contributed by atoms with Crippen LogP contribution in [0.3, 0.4) is 0 Å². The fraction of sp³-hybridized carbons (Fsp3) is 0.267. The predicted molar refractivity (Wildman–Crippen MR) is 79.0 cm³/mol. The van der Waals surface area contributed by atoms with E-state index < -0.39 is 40.5 Å². The van der Waals surface area contributed by atoms with Crippen molar-refractivity contribution in [3.8, 4) is 11.3 Å². The molecule has 2 rings (SSSR count). The van der Waals surface area contributed by atoms with Crippen molar-refractivity contribution >= 4 is 22.0 Å². The van der Waals surface area contributed by atoms with Gasteiger partial charge < -0.3 is 4.74 Å². The molecule has 0 aliphatic rings. The summed E-state index contributed by atoms with van der Waals surface area (Å²) in [6.07, 6.45) is 0.380. The van der Waals surface area contributed by atoms with Crippen LogP contribution in [-0.4, -0.2) is 16.3 Å². The van der Waals surface area contributed by atoms with Crippen LogP contribution in [0.5, 0.6) is 0 Å². The van der Waals surface area contributed by atoms with Crippen LogP contribution in [0.15, 0.2) is 22.8 Å². The summed E-state index contributed by atoms with van der Waals surface area (Å²) in [5.74, 6) is -7.03. The first kappa shape index (κ1) is 17.5. The average Bonchev–Trinajstić information content (AvgIpc) is 2.80. The summed E-state index contributed by atoms with van der Waals surface area (Å²) in [6.45, 7) is 4.88. The SMILES string of the molecule is CC(C)(C)OC(=O)n1cc(Br)cc1-c1cc(F)c(F)c(F)c1F. The van der Waals surface area contributed by atoms with Gasteiger partial charge in [0.25, 0.3) is 0 Å².